The summed E-state index contributed by atoms with van der Waals surface area (Å²) in [5.41, 5.74) is 0.820. The lowest BCUT2D eigenvalue weighted by Crippen LogP contribution is -2.59. The molecule has 6 heteroatoms. The maximum Gasteiger partial charge on any atom is 0.248 e. The fraction of sp³-hybridized carbons (Fsp3) is 0.400. The van der Waals surface area contributed by atoms with E-state index in [-0.39, 0.29) is 24.4 Å². The molecule has 3 heterocycles. The molecule has 1 amide bonds. The van der Waals surface area contributed by atoms with E-state index in [4.69, 9.17) is 0 Å². The number of nitrogens with one attached hydrogen (secondary N) is 2. The highest BCUT2D eigenvalue weighted by Gasteiger charge is 2.35. The Hall–Kier alpha value is -1.33. The van der Waals surface area contributed by atoms with E-state index in [0.29, 0.717) is 6.54 Å². The van der Waals surface area contributed by atoms with Gasteiger partial charge in [-0.3, -0.25) is 4.79 Å². The number of hydrogen-bond donors (Lipinski definition) is 2. The largest absolute Gasteiger partial charge is 0.340 e. The fourth-order valence-corrected chi connectivity index (χ4v) is 2.13. The van der Waals surface area contributed by atoms with Gasteiger partial charge >= 0.3 is 0 Å². The molecule has 3 rings (SSSR count). The highest BCUT2D eigenvalue weighted by atomic mass is 35.5. The molecule has 0 spiro atoms. The van der Waals surface area contributed by atoms with E-state index in [2.05, 4.69) is 20.5 Å². The zero-order valence-electron chi connectivity index (χ0n) is 8.64. The van der Waals surface area contributed by atoms with Gasteiger partial charge in [0.2, 0.25) is 5.91 Å². The molecule has 16 heavy (non-hydrogen) atoms. The van der Waals surface area contributed by atoms with Gasteiger partial charge < -0.3 is 15.5 Å². The summed E-state index contributed by atoms with van der Waals surface area (Å²) in [7, 11) is 0. The monoisotopic (exact) mass is 240 g/mol. The Labute approximate surface area is 99.6 Å². The second kappa shape index (κ2) is 4.27. The van der Waals surface area contributed by atoms with E-state index in [1.54, 1.807) is 6.20 Å². The van der Waals surface area contributed by atoms with Gasteiger partial charge in [-0.05, 0) is 12.1 Å². The first-order chi connectivity index (χ1) is 7.36. The summed E-state index contributed by atoms with van der Waals surface area (Å²) in [5, 5.41) is 6.09. The van der Waals surface area contributed by atoms with Crippen LogP contribution in [0.4, 0.5) is 11.5 Å². The van der Waals surface area contributed by atoms with E-state index < -0.39 is 0 Å². The number of rotatable bonds is 0. The van der Waals surface area contributed by atoms with Crippen LogP contribution in [0.1, 0.15) is 0 Å². The lowest BCUT2D eigenvalue weighted by Gasteiger charge is -2.40. The van der Waals surface area contributed by atoms with Crippen molar-refractivity contribution in [1.29, 1.82) is 0 Å². The number of pyridine rings is 1. The number of piperazine rings is 1. The maximum atomic E-state index is 11.8. The van der Waals surface area contributed by atoms with Crippen LogP contribution in [0.25, 0.3) is 0 Å². The number of aromatic nitrogens is 1. The molecule has 1 atom stereocenters. The van der Waals surface area contributed by atoms with Gasteiger partial charge in [0, 0.05) is 25.8 Å². The molecule has 5 nitrogen and oxygen atoms in total. The maximum absolute atomic E-state index is 11.8. The summed E-state index contributed by atoms with van der Waals surface area (Å²) >= 11 is 0. The smallest absolute Gasteiger partial charge is 0.248 e. The molecular weight excluding hydrogens is 228 g/mol. The molecule has 1 fully saturated rings. The normalized spacial score (nSPS) is 22.6. The van der Waals surface area contributed by atoms with E-state index >= 15 is 0 Å². The number of halogens is 1. The lowest BCUT2D eigenvalue weighted by molar-refractivity contribution is -0.117. The highest BCUT2D eigenvalue weighted by Crippen LogP contribution is 2.29. The summed E-state index contributed by atoms with van der Waals surface area (Å²) in [4.78, 5) is 18.2. The molecule has 1 aromatic rings. The van der Waals surface area contributed by atoms with Crippen molar-refractivity contribution in [2.24, 2.45) is 0 Å². The van der Waals surface area contributed by atoms with Gasteiger partial charge in [-0.2, -0.15) is 0 Å². The Morgan fingerprint density at radius 3 is 3.25 bits per heavy atom. The second-order valence-corrected chi connectivity index (χ2v) is 3.78. The van der Waals surface area contributed by atoms with Crippen molar-refractivity contribution in [3.05, 3.63) is 18.3 Å². The van der Waals surface area contributed by atoms with Crippen molar-refractivity contribution < 1.29 is 4.79 Å². The predicted molar refractivity (Wildman–Crippen MR) is 64.1 cm³/mol. The second-order valence-electron chi connectivity index (χ2n) is 3.78. The van der Waals surface area contributed by atoms with E-state index in [1.165, 1.54) is 0 Å². The third-order valence-corrected chi connectivity index (χ3v) is 2.86. The summed E-state index contributed by atoms with van der Waals surface area (Å²) in [6.45, 7) is 2.43. The Morgan fingerprint density at radius 2 is 2.38 bits per heavy atom. The van der Waals surface area contributed by atoms with Crippen LogP contribution in [-0.4, -0.2) is 36.6 Å². The molecule has 0 unspecified atom stereocenters. The number of hydrogen-bond acceptors (Lipinski definition) is 4. The van der Waals surface area contributed by atoms with Crippen molar-refractivity contribution in [3.8, 4) is 0 Å². The average Bonchev–Trinajstić information content (AvgIpc) is 2.30. The zero-order chi connectivity index (χ0) is 10.3. The average molecular weight is 241 g/mol. The predicted octanol–water partition coefficient (Wildman–Crippen LogP) is 0.234. The highest BCUT2D eigenvalue weighted by molar-refractivity contribution is 6.03. The van der Waals surface area contributed by atoms with Crippen LogP contribution < -0.4 is 15.5 Å². The molecule has 2 aliphatic rings. The number of carbonyl (C=O) groups excluding carboxylic acids is 1. The Morgan fingerprint density at radius 1 is 1.50 bits per heavy atom. The molecule has 0 aromatic carbocycles. The van der Waals surface area contributed by atoms with Gasteiger partial charge in [0.15, 0.2) is 5.82 Å². The molecule has 2 N–H and O–H groups in total. The Bertz CT molecular complexity index is 412. The first-order valence-electron chi connectivity index (χ1n) is 5.09. The zero-order valence-corrected chi connectivity index (χ0v) is 9.46. The standard InChI is InChI=1S/C10H12N4O.ClH/c15-10-8-6-11-4-5-14(8)9-7(13-10)2-1-3-12-9;/h1-3,8,11H,4-6H2,(H,13,15);1H/t8-;/m0./s1. The summed E-state index contributed by atoms with van der Waals surface area (Å²) in [6, 6.07) is 3.61. The van der Waals surface area contributed by atoms with Crippen LogP contribution in [0, 0.1) is 0 Å². The van der Waals surface area contributed by atoms with Crippen LogP contribution in [0.15, 0.2) is 18.3 Å². The number of carbonyl (C=O) groups is 1. The third kappa shape index (κ3) is 1.62. The van der Waals surface area contributed by atoms with Gasteiger partial charge in [0.25, 0.3) is 0 Å². The molecule has 86 valence electrons. The number of nitrogens with zero attached hydrogens (tertiary/aromatic N) is 2. The molecular formula is C10H13ClN4O. The third-order valence-electron chi connectivity index (χ3n) is 2.86. The molecule has 1 aromatic heterocycles. The molecule has 2 aliphatic heterocycles. The Kier molecular flexibility index (Phi) is 2.98. The lowest BCUT2D eigenvalue weighted by atomic mass is 10.1. The minimum atomic E-state index is -0.110. The first kappa shape index (κ1) is 11.2. The topological polar surface area (TPSA) is 57.3 Å². The van der Waals surface area contributed by atoms with Crippen molar-refractivity contribution in [2.45, 2.75) is 6.04 Å². The van der Waals surface area contributed by atoms with Gasteiger partial charge in [-0.15, -0.1) is 12.4 Å². The van der Waals surface area contributed by atoms with Crippen LogP contribution in [0.3, 0.4) is 0 Å². The van der Waals surface area contributed by atoms with Crippen molar-refractivity contribution in [2.75, 3.05) is 29.9 Å². The number of amides is 1. The van der Waals surface area contributed by atoms with E-state index in [9.17, 15) is 4.79 Å². The summed E-state index contributed by atoms with van der Waals surface area (Å²) in [5.74, 6) is 0.950. The number of anilines is 2. The minimum absolute atomic E-state index is 0. The van der Waals surface area contributed by atoms with Crippen LogP contribution >= 0.6 is 12.4 Å². The molecule has 0 saturated carbocycles. The van der Waals surface area contributed by atoms with Gasteiger partial charge in [0.1, 0.15) is 6.04 Å². The van der Waals surface area contributed by atoms with Gasteiger partial charge in [-0.25, -0.2) is 4.98 Å². The Balaban J connectivity index is 0.000000963. The molecule has 0 bridgehead atoms. The van der Waals surface area contributed by atoms with Crippen LogP contribution in [0.5, 0.6) is 0 Å². The molecule has 0 radical (unpaired) electrons. The summed E-state index contributed by atoms with van der Waals surface area (Å²) < 4.78 is 0. The molecule has 1 saturated heterocycles. The van der Waals surface area contributed by atoms with Gasteiger partial charge in [0.05, 0.1) is 5.69 Å². The SMILES string of the molecule is Cl.O=C1Nc2cccnc2N2CCNC[C@@H]12. The van der Waals surface area contributed by atoms with Crippen LogP contribution in [-0.2, 0) is 4.79 Å². The first-order valence-corrected chi connectivity index (χ1v) is 5.09. The quantitative estimate of drug-likeness (QED) is 0.682. The van der Waals surface area contributed by atoms with E-state index in [0.717, 1.165) is 24.6 Å². The molecule has 0 aliphatic carbocycles. The summed E-state index contributed by atoms with van der Waals surface area (Å²) in [6.07, 6.45) is 1.76. The van der Waals surface area contributed by atoms with Crippen LogP contribution in [0.2, 0.25) is 0 Å². The van der Waals surface area contributed by atoms with Crippen molar-refractivity contribution >= 4 is 29.8 Å². The number of fused-ring (bicyclic) bond motifs is 3. The van der Waals surface area contributed by atoms with Gasteiger partial charge in [-0.1, -0.05) is 0 Å². The van der Waals surface area contributed by atoms with E-state index in [1.807, 2.05) is 12.1 Å². The fourth-order valence-electron chi connectivity index (χ4n) is 2.13. The van der Waals surface area contributed by atoms with Crippen molar-refractivity contribution in [1.82, 2.24) is 10.3 Å². The van der Waals surface area contributed by atoms with Crippen molar-refractivity contribution in [3.63, 3.8) is 0 Å². The minimum Gasteiger partial charge on any atom is -0.340 e.